The lowest BCUT2D eigenvalue weighted by Crippen LogP contribution is -2.13. The number of hydrogen-bond donors (Lipinski definition) is 0. The fourth-order valence-corrected chi connectivity index (χ4v) is 2.75. The minimum absolute atomic E-state index is 0.846. The monoisotopic (exact) mass is 337 g/mol. The predicted molar refractivity (Wildman–Crippen MR) is 114 cm³/mol. The van der Waals surface area contributed by atoms with E-state index in [4.69, 9.17) is 0 Å². The summed E-state index contributed by atoms with van der Waals surface area (Å²) in [6.45, 7) is 10.1. The van der Waals surface area contributed by atoms with Gasteiger partial charge in [-0.3, -0.25) is 0 Å². The molecular weight excluding hydrogens is 314 g/mol. The lowest BCUT2D eigenvalue weighted by molar-refractivity contribution is 1.22. The van der Waals surface area contributed by atoms with E-state index in [1.165, 1.54) is 11.1 Å². The normalized spacial score (nSPS) is 10.7. The summed E-state index contributed by atoms with van der Waals surface area (Å²) < 4.78 is 0. The first kappa shape index (κ1) is 17.5. The van der Waals surface area contributed by atoms with E-state index in [1.807, 2.05) is 18.2 Å². The molecule has 0 fully saturated rings. The zero-order valence-corrected chi connectivity index (χ0v) is 15.1. The second-order valence-electron chi connectivity index (χ2n) is 6.20. The molecular formula is C25H23N. The summed E-state index contributed by atoms with van der Waals surface area (Å²) in [6, 6.07) is 27.2. The van der Waals surface area contributed by atoms with Crippen LogP contribution >= 0.6 is 0 Å². The van der Waals surface area contributed by atoms with Crippen molar-refractivity contribution in [1.82, 2.24) is 0 Å². The third-order valence-corrected chi connectivity index (χ3v) is 4.23. The van der Waals surface area contributed by atoms with Gasteiger partial charge in [0.1, 0.15) is 0 Å². The van der Waals surface area contributed by atoms with Crippen LogP contribution in [0, 0.1) is 6.92 Å². The smallest absolute Gasteiger partial charge is 0.0461 e. The molecule has 26 heavy (non-hydrogen) atoms. The Morgan fingerprint density at radius 2 is 1.23 bits per heavy atom. The van der Waals surface area contributed by atoms with Gasteiger partial charge in [0, 0.05) is 17.1 Å². The minimum Gasteiger partial charge on any atom is -0.311 e. The molecule has 0 atom stereocenters. The van der Waals surface area contributed by atoms with Crippen molar-refractivity contribution in [3.63, 3.8) is 0 Å². The first-order valence-electron chi connectivity index (χ1n) is 8.69. The van der Waals surface area contributed by atoms with Crippen LogP contribution in [0.15, 0.2) is 104 Å². The van der Waals surface area contributed by atoms with E-state index in [0.717, 1.165) is 22.6 Å². The van der Waals surface area contributed by atoms with Crippen LogP contribution in [-0.4, -0.2) is 0 Å². The summed E-state index contributed by atoms with van der Waals surface area (Å²) in [7, 11) is 0. The SMILES string of the molecule is C=CC(=C)N(c1ccccc1)c1ccc(/C=C\c2ccc(C)cc2)cc1. The fraction of sp³-hybridized carbons (Fsp3) is 0.0400. The lowest BCUT2D eigenvalue weighted by Gasteiger charge is -2.25. The van der Waals surface area contributed by atoms with Crippen LogP contribution in [0.25, 0.3) is 12.2 Å². The second kappa shape index (κ2) is 8.17. The van der Waals surface area contributed by atoms with Crippen molar-refractivity contribution in [2.24, 2.45) is 0 Å². The third-order valence-electron chi connectivity index (χ3n) is 4.23. The molecule has 3 aromatic rings. The lowest BCUT2D eigenvalue weighted by atomic mass is 10.1. The third kappa shape index (κ3) is 4.20. The molecule has 0 saturated carbocycles. The van der Waals surface area contributed by atoms with E-state index in [9.17, 15) is 0 Å². The number of para-hydroxylation sites is 1. The Morgan fingerprint density at radius 3 is 1.77 bits per heavy atom. The number of anilines is 2. The van der Waals surface area contributed by atoms with Gasteiger partial charge in [-0.15, -0.1) is 0 Å². The molecule has 0 bridgehead atoms. The highest BCUT2D eigenvalue weighted by molar-refractivity contribution is 5.73. The summed E-state index contributed by atoms with van der Waals surface area (Å²) in [5.74, 6) is 0. The van der Waals surface area contributed by atoms with Crippen molar-refractivity contribution in [3.05, 3.63) is 120 Å². The van der Waals surface area contributed by atoms with E-state index in [1.54, 1.807) is 6.08 Å². The Labute approximate surface area is 156 Å². The number of benzene rings is 3. The zero-order chi connectivity index (χ0) is 18.4. The molecule has 3 aromatic carbocycles. The molecule has 1 nitrogen and oxygen atoms in total. The maximum Gasteiger partial charge on any atom is 0.0461 e. The van der Waals surface area contributed by atoms with Gasteiger partial charge < -0.3 is 4.90 Å². The highest BCUT2D eigenvalue weighted by Crippen LogP contribution is 2.29. The van der Waals surface area contributed by atoms with Gasteiger partial charge in [-0.25, -0.2) is 0 Å². The van der Waals surface area contributed by atoms with E-state index in [-0.39, 0.29) is 0 Å². The average molecular weight is 337 g/mol. The molecule has 0 unspecified atom stereocenters. The first-order chi connectivity index (χ1) is 12.7. The zero-order valence-electron chi connectivity index (χ0n) is 15.1. The van der Waals surface area contributed by atoms with Crippen LogP contribution in [0.1, 0.15) is 16.7 Å². The van der Waals surface area contributed by atoms with Crippen LogP contribution in [0.3, 0.4) is 0 Å². The summed E-state index contributed by atoms with van der Waals surface area (Å²) in [5.41, 5.74) is 6.61. The Bertz CT molecular complexity index is 901. The fourth-order valence-electron chi connectivity index (χ4n) is 2.75. The van der Waals surface area contributed by atoms with E-state index < -0.39 is 0 Å². The summed E-state index contributed by atoms with van der Waals surface area (Å²) >= 11 is 0. The first-order valence-corrected chi connectivity index (χ1v) is 8.69. The molecule has 128 valence electrons. The molecule has 1 heteroatoms. The number of aryl methyl sites for hydroxylation is 1. The number of rotatable bonds is 6. The topological polar surface area (TPSA) is 3.24 Å². The van der Waals surface area contributed by atoms with Crippen LogP contribution in [0.4, 0.5) is 11.4 Å². The minimum atomic E-state index is 0.846. The molecule has 0 heterocycles. The quantitative estimate of drug-likeness (QED) is 0.345. The van der Waals surface area contributed by atoms with Crippen molar-refractivity contribution >= 4 is 23.5 Å². The number of allylic oxidation sites excluding steroid dienone is 1. The number of hydrogen-bond acceptors (Lipinski definition) is 1. The standard InChI is InChI=1S/C25H23N/c1-4-21(3)26(24-8-6-5-7-9-24)25-18-16-23(17-19-25)15-14-22-12-10-20(2)11-13-22/h4-19H,1,3H2,2H3/b15-14-. The predicted octanol–water partition coefficient (Wildman–Crippen LogP) is 7.00. The molecule has 0 N–H and O–H groups in total. The van der Waals surface area contributed by atoms with Crippen molar-refractivity contribution in [2.75, 3.05) is 4.90 Å². The molecule has 0 saturated heterocycles. The highest BCUT2D eigenvalue weighted by atomic mass is 15.1. The molecule has 3 rings (SSSR count). The van der Waals surface area contributed by atoms with Gasteiger partial charge in [0.15, 0.2) is 0 Å². The van der Waals surface area contributed by atoms with Crippen molar-refractivity contribution < 1.29 is 0 Å². The summed E-state index contributed by atoms with van der Waals surface area (Å²) in [5, 5.41) is 0. The van der Waals surface area contributed by atoms with Crippen molar-refractivity contribution in [2.45, 2.75) is 6.92 Å². The molecule has 0 spiro atoms. The number of nitrogens with zero attached hydrogens (tertiary/aromatic N) is 1. The molecule has 0 amide bonds. The highest BCUT2D eigenvalue weighted by Gasteiger charge is 2.10. The molecule has 0 aliphatic carbocycles. The van der Waals surface area contributed by atoms with Gasteiger partial charge in [0.2, 0.25) is 0 Å². The second-order valence-corrected chi connectivity index (χ2v) is 6.20. The summed E-state index contributed by atoms with van der Waals surface area (Å²) in [6.07, 6.45) is 6.04. The van der Waals surface area contributed by atoms with Crippen LogP contribution < -0.4 is 4.90 Å². The molecule has 0 aromatic heterocycles. The van der Waals surface area contributed by atoms with Gasteiger partial charge in [-0.1, -0.05) is 85.5 Å². The van der Waals surface area contributed by atoms with E-state index >= 15 is 0 Å². The van der Waals surface area contributed by atoms with Gasteiger partial charge in [-0.2, -0.15) is 0 Å². The van der Waals surface area contributed by atoms with Crippen molar-refractivity contribution in [1.29, 1.82) is 0 Å². The van der Waals surface area contributed by atoms with Crippen molar-refractivity contribution in [3.8, 4) is 0 Å². The Kier molecular flexibility index (Phi) is 5.50. The van der Waals surface area contributed by atoms with E-state index in [0.29, 0.717) is 0 Å². The van der Waals surface area contributed by atoms with E-state index in [2.05, 4.69) is 97.8 Å². The Hall–Kier alpha value is -3.32. The van der Waals surface area contributed by atoms with Crippen LogP contribution in [-0.2, 0) is 0 Å². The summed E-state index contributed by atoms with van der Waals surface area (Å²) in [4.78, 5) is 2.10. The largest absolute Gasteiger partial charge is 0.311 e. The maximum atomic E-state index is 4.13. The molecule has 0 radical (unpaired) electrons. The van der Waals surface area contributed by atoms with Gasteiger partial charge in [-0.05, 0) is 48.4 Å². The average Bonchev–Trinajstić information content (AvgIpc) is 2.69. The Balaban J connectivity index is 1.84. The maximum absolute atomic E-state index is 4.13. The molecule has 0 aliphatic heterocycles. The van der Waals surface area contributed by atoms with Crippen LogP contribution in [0.5, 0.6) is 0 Å². The van der Waals surface area contributed by atoms with Gasteiger partial charge >= 0.3 is 0 Å². The van der Waals surface area contributed by atoms with Gasteiger partial charge in [0.05, 0.1) is 0 Å². The van der Waals surface area contributed by atoms with Gasteiger partial charge in [0.25, 0.3) is 0 Å². The Morgan fingerprint density at radius 1 is 0.731 bits per heavy atom. The van der Waals surface area contributed by atoms with Crippen LogP contribution in [0.2, 0.25) is 0 Å². The molecule has 0 aliphatic rings.